The highest BCUT2D eigenvalue weighted by Crippen LogP contribution is 2.26. The van der Waals surface area contributed by atoms with Gasteiger partial charge in [-0.2, -0.15) is 0 Å². The van der Waals surface area contributed by atoms with Crippen molar-refractivity contribution in [3.8, 4) is 0 Å². The van der Waals surface area contributed by atoms with Gasteiger partial charge < -0.3 is 5.73 Å². The van der Waals surface area contributed by atoms with Gasteiger partial charge in [0.05, 0.1) is 5.92 Å². The molecule has 1 aromatic rings. The van der Waals surface area contributed by atoms with Crippen molar-refractivity contribution in [3.63, 3.8) is 0 Å². The molecule has 2 N–H and O–H groups in total. The van der Waals surface area contributed by atoms with E-state index < -0.39 is 17.6 Å². The molecule has 1 unspecified atom stereocenters. The molecule has 0 aliphatic carbocycles. The summed E-state index contributed by atoms with van der Waals surface area (Å²) in [4.78, 5) is 27.6. The lowest BCUT2D eigenvalue weighted by atomic mass is 10.1. The van der Waals surface area contributed by atoms with Crippen LogP contribution in [0.1, 0.15) is 6.42 Å². The molecule has 1 aromatic heterocycles. The Hall–Kier alpha value is -1.50. The quantitative estimate of drug-likeness (QED) is 0.879. The monoisotopic (exact) mass is 301 g/mol. The Kier molecular flexibility index (Phi) is 3.10. The summed E-state index contributed by atoms with van der Waals surface area (Å²) in [6.45, 7) is 0.0831. The van der Waals surface area contributed by atoms with Gasteiger partial charge in [-0.05, 0) is 22.0 Å². The van der Waals surface area contributed by atoms with E-state index in [1.54, 1.807) is 0 Å². The molecule has 0 aromatic carbocycles. The first-order valence-electron chi connectivity index (χ1n) is 4.89. The fourth-order valence-electron chi connectivity index (χ4n) is 1.71. The zero-order chi connectivity index (χ0) is 12.6. The van der Waals surface area contributed by atoms with Gasteiger partial charge in [-0.3, -0.25) is 14.5 Å². The number of aromatic nitrogens is 1. The Labute approximate surface area is 105 Å². The van der Waals surface area contributed by atoms with Crippen LogP contribution >= 0.6 is 15.9 Å². The predicted molar refractivity (Wildman–Crippen MR) is 61.5 cm³/mol. The largest absolute Gasteiger partial charge is 0.369 e. The first kappa shape index (κ1) is 12.0. The second-order valence-electron chi connectivity index (χ2n) is 3.77. The van der Waals surface area contributed by atoms with Crippen LogP contribution in [0.15, 0.2) is 16.7 Å². The number of nitrogens with zero attached hydrogens (tertiary/aromatic N) is 2. The van der Waals surface area contributed by atoms with E-state index in [0.717, 1.165) is 4.90 Å². The minimum Gasteiger partial charge on any atom is -0.369 e. The molecule has 0 saturated carbocycles. The van der Waals surface area contributed by atoms with Crippen molar-refractivity contribution in [3.05, 3.63) is 22.6 Å². The highest BCUT2D eigenvalue weighted by Gasteiger charge is 2.35. The summed E-state index contributed by atoms with van der Waals surface area (Å²) >= 11 is 3.08. The van der Waals surface area contributed by atoms with E-state index in [2.05, 4.69) is 20.9 Å². The van der Waals surface area contributed by atoms with Gasteiger partial charge in [0.1, 0.15) is 0 Å². The molecule has 2 rings (SSSR count). The smallest absolute Gasteiger partial charge is 0.229 e. The SMILES string of the molecule is NC(=O)C1CC(=O)N(c2ncc(Br)cc2F)C1. The molecule has 1 fully saturated rings. The molecule has 0 radical (unpaired) electrons. The third-order valence-electron chi connectivity index (χ3n) is 2.57. The van der Waals surface area contributed by atoms with Crippen LogP contribution in [0.3, 0.4) is 0 Å². The van der Waals surface area contributed by atoms with Crippen LogP contribution in [0.5, 0.6) is 0 Å². The summed E-state index contributed by atoms with van der Waals surface area (Å²) in [5.74, 6) is -2.16. The number of carbonyl (C=O) groups is 2. The Morgan fingerprint density at radius 2 is 2.35 bits per heavy atom. The lowest BCUT2D eigenvalue weighted by molar-refractivity contribution is -0.123. The first-order chi connectivity index (χ1) is 7.99. The Balaban J connectivity index is 2.29. The number of hydrogen-bond acceptors (Lipinski definition) is 3. The van der Waals surface area contributed by atoms with E-state index in [-0.39, 0.29) is 24.7 Å². The van der Waals surface area contributed by atoms with E-state index >= 15 is 0 Å². The molecule has 2 amide bonds. The van der Waals surface area contributed by atoms with Crippen LogP contribution in [-0.4, -0.2) is 23.3 Å². The van der Waals surface area contributed by atoms with Crippen molar-refractivity contribution in [2.24, 2.45) is 11.7 Å². The Morgan fingerprint density at radius 1 is 1.65 bits per heavy atom. The number of amides is 2. The fraction of sp³-hybridized carbons (Fsp3) is 0.300. The van der Waals surface area contributed by atoms with Gasteiger partial charge >= 0.3 is 0 Å². The molecule has 1 atom stereocenters. The number of anilines is 1. The van der Waals surface area contributed by atoms with Crippen molar-refractivity contribution in [2.75, 3.05) is 11.4 Å². The van der Waals surface area contributed by atoms with E-state index in [1.807, 2.05) is 0 Å². The summed E-state index contributed by atoms with van der Waals surface area (Å²) < 4.78 is 14.1. The van der Waals surface area contributed by atoms with E-state index in [9.17, 15) is 14.0 Å². The van der Waals surface area contributed by atoms with Gasteiger partial charge in [-0.25, -0.2) is 9.37 Å². The van der Waals surface area contributed by atoms with Gasteiger partial charge in [-0.15, -0.1) is 0 Å². The van der Waals surface area contributed by atoms with Gasteiger partial charge in [0, 0.05) is 23.6 Å². The Bertz CT molecular complexity index is 494. The van der Waals surface area contributed by atoms with E-state index in [1.165, 1.54) is 12.3 Å². The number of rotatable bonds is 2. The normalized spacial score (nSPS) is 19.8. The number of hydrogen-bond donors (Lipinski definition) is 1. The summed E-state index contributed by atoms with van der Waals surface area (Å²) in [5, 5.41) is 0. The molecule has 1 saturated heterocycles. The molecule has 0 spiro atoms. The van der Waals surface area contributed by atoms with Gasteiger partial charge in [-0.1, -0.05) is 0 Å². The van der Waals surface area contributed by atoms with E-state index in [4.69, 9.17) is 5.73 Å². The molecular weight excluding hydrogens is 293 g/mol. The minimum atomic E-state index is -0.613. The number of primary amides is 1. The van der Waals surface area contributed by atoms with Crippen LogP contribution < -0.4 is 10.6 Å². The molecular formula is C10H9BrFN3O2. The van der Waals surface area contributed by atoms with Crippen molar-refractivity contribution in [2.45, 2.75) is 6.42 Å². The van der Waals surface area contributed by atoms with Gasteiger partial charge in [0.25, 0.3) is 0 Å². The second-order valence-corrected chi connectivity index (χ2v) is 4.68. The average Bonchev–Trinajstić information content (AvgIpc) is 2.61. The van der Waals surface area contributed by atoms with Crippen molar-refractivity contribution in [1.82, 2.24) is 4.98 Å². The second kappa shape index (κ2) is 4.40. The molecule has 2 heterocycles. The summed E-state index contributed by atoms with van der Waals surface area (Å²) in [7, 11) is 0. The number of nitrogens with two attached hydrogens (primary N) is 1. The highest BCUT2D eigenvalue weighted by molar-refractivity contribution is 9.10. The van der Waals surface area contributed by atoms with Gasteiger partial charge in [0.15, 0.2) is 11.6 Å². The molecule has 90 valence electrons. The maximum atomic E-state index is 13.6. The van der Waals surface area contributed by atoms with Crippen LogP contribution in [0.2, 0.25) is 0 Å². The van der Waals surface area contributed by atoms with E-state index in [0.29, 0.717) is 4.47 Å². The topological polar surface area (TPSA) is 76.3 Å². The molecule has 1 aliphatic heterocycles. The maximum absolute atomic E-state index is 13.6. The van der Waals surface area contributed by atoms with Crippen LogP contribution in [0.4, 0.5) is 10.2 Å². The van der Waals surface area contributed by atoms with Gasteiger partial charge in [0.2, 0.25) is 11.8 Å². The third-order valence-corrected chi connectivity index (χ3v) is 3.01. The lowest BCUT2D eigenvalue weighted by Crippen LogP contribution is -2.29. The molecule has 5 nitrogen and oxygen atoms in total. The number of carbonyl (C=O) groups excluding carboxylic acids is 2. The summed E-state index contributed by atoms with van der Waals surface area (Å²) in [5.41, 5.74) is 5.12. The van der Waals surface area contributed by atoms with Crippen LogP contribution in [0, 0.1) is 11.7 Å². The molecule has 0 bridgehead atoms. The van der Waals surface area contributed by atoms with Crippen molar-refractivity contribution < 1.29 is 14.0 Å². The number of pyridine rings is 1. The minimum absolute atomic E-state index is 0.00647. The third kappa shape index (κ3) is 2.28. The molecule has 7 heteroatoms. The zero-order valence-electron chi connectivity index (χ0n) is 8.69. The highest BCUT2D eigenvalue weighted by atomic mass is 79.9. The standard InChI is InChI=1S/C10H9BrFN3O2/c11-6-2-7(12)10(14-3-6)15-4-5(9(13)17)1-8(15)16/h2-3,5H,1,4H2,(H2,13,17). The zero-order valence-corrected chi connectivity index (χ0v) is 10.3. The van der Waals surface area contributed by atoms with Crippen molar-refractivity contribution in [1.29, 1.82) is 0 Å². The maximum Gasteiger partial charge on any atom is 0.229 e. The predicted octanol–water partition coefficient (Wildman–Crippen LogP) is 0.821. The van der Waals surface area contributed by atoms with Crippen LogP contribution in [-0.2, 0) is 9.59 Å². The summed E-state index contributed by atoms with van der Waals surface area (Å²) in [6, 6.07) is 1.22. The fourth-order valence-corrected chi connectivity index (χ4v) is 2.01. The lowest BCUT2D eigenvalue weighted by Gasteiger charge is -2.15. The molecule has 1 aliphatic rings. The average molecular weight is 302 g/mol. The van der Waals surface area contributed by atoms with Crippen molar-refractivity contribution >= 4 is 33.6 Å². The molecule has 17 heavy (non-hydrogen) atoms. The Morgan fingerprint density at radius 3 is 2.88 bits per heavy atom. The first-order valence-corrected chi connectivity index (χ1v) is 5.69. The number of halogens is 2. The summed E-state index contributed by atoms with van der Waals surface area (Å²) in [6.07, 6.45) is 1.40. The van der Waals surface area contributed by atoms with Crippen LogP contribution in [0.25, 0.3) is 0 Å².